The fourth-order valence-corrected chi connectivity index (χ4v) is 4.54. The molecule has 2 N–H and O–H groups in total. The number of nitrogens with zero attached hydrogens (tertiary/aromatic N) is 1. The average molecular weight is 408 g/mol. The molecule has 2 aromatic carbocycles. The number of rotatable bonds is 6. The molecule has 0 aromatic heterocycles. The topological polar surface area (TPSA) is 70.7 Å². The molecule has 1 saturated heterocycles. The third-order valence-electron chi connectivity index (χ3n) is 6.08. The molecule has 4 rings (SSSR count). The largest absolute Gasteiger partial charge is 0.497 e. The van der Waals surface area contributed by atoms with Crippen molar-refractivity contribution in [3.8, 4) is 5.75 Å². The summed E-state index contributed by atoms with van der Waals surface area (Å²) in [4.78, 5) is 27.6. The summed E-state index contributed by atoms with van der Waals surface area (Å²) in [5.41, 5.74) is 3.29. The van der Waals surface area contributed by atoms with E-state index in [0.29, 0.717) is 0 Å². The molecule has 0 unspecified atom stereocenters. The van der Waals surface area contributed by atoms with Gasteiger partial charge in [-0.3, -0.25) is 14.5 Å². The number of likely N-dealkylation sites (tertiary alicyclic amines) is 1. The number of amides is 2. The Kier molecular flexibility index (Phi) is 6.33. The molecule has 1 aliphatic carbocycles. The molecule has 0 bridgehead atoms. The lowest BCUT2D eigenvalue weighted by atomic mass is 9.88. The zero-order chi connectivity index (χ0) is 20.9. The second kappa shape index (κ2) is 9.30. The summed E-state index contributed by atoms with van der Waals surface area (Å²) in [5.74, 6) is 0.672. The SMILES string of the molecule is COc1ccc(NC(=O)[C@H]2CCCN2CC(=O)N[C@H]2CCCc3ccccc32)cc1. The van der Waals surface area contributed by atoms with Crippen molar-refractivity contribution >= 4 is 17.5 Å². The number of nitrogens with one attached hydrogen (secondary N) is 2. The first-order valence-corrected chi connectivity index (χ1v) is 10.7. The Morgan fingerprint density at radius 1 is 1.07 bits per heavy atom. The lowest BCUT2D eigenvalue weighted by Gasteiger charge is -2.28. The number of benzene rings is 2. The second-order valence-corrected chi connectivity index (χ2v) is 8.06. The number of carbonyl (C=O) groups is 2. The first kappa shape index (κ1) is 20.4. The number of anilines is 1. The van der Waals surface area contributed by atoms with Gasteiger partial charge in [-0.2, -0.15) is 0 Å². The summed E-state index contributed by atoms with van der Waals surface area (Å²) < 4.78 is 5.15. The number of hydrogen-bond acceptors (Lipinski definition) is 4. The van der Waals surface area contributed by atoms with E-state index in [0.717, 1.165) is 50.1 Å². The van der Waals surface area contributed by atoms with Crippen molar-refractivity contribution in [3.63, 3.8) is 0 Å². The molecular formula is C24H29N3O3. The van der Waals surface area contributed by atoms with E-state index in [1.807, 2.05) is 35.2 Å². The molecule has 0 radical (unpaired) electrons. The molecule has 6 nitrogen and oxygen atoms in total. The van der Waals surface area contributed by atoms with Crippen molar-refractivity contribution in [1.82, 2.24) is 10.2 Å². The van der Waals surface area contributed by atoms with Gasteiger partial charge in [0.2, 0.25) is 11.8 Å². The van der Waals surface area contributed by atoms with Gasteiger partial charge in [0.25, 0.3) is 0 Å². The third-order valence-corrected chi connectivity index (χ3v) is 6.08. The maximum absolute atomic E-state index is 12.8. The highest BCUT2D eigenvalue weighted by Crippen LogP contribution is 2.29. The molecule has 1 aliphatic heterocycles. The van der Waals surface area contributed by atoms with E-state index in [9.17, 15) is 9.59 Å². The number of fused-ring (bicyclic) bond motifs is 1. The Labute approximate surface area is 177 Å². The molecule has 30 heavy (non-hydrogen) atoms. The monoisotopic (exact) mass is 407 g/mol. The van der Waals surface area contributed by atoms with Crippen LogP contribution in [0.4, 0.5) is 5.69 Å². The Hall–Kier alpha value is -2.86. The van der Waals surface area contributed by atoms with Gasteiger partial charge in [0.1, 0.15) is 5.75 Å². The van der Waals surface area contributed by atoms with Gasteiger partial charge in [-0.1, -0.05) is 24.3 Å². The van der Waals surface area contributed by atoms with Gasteiger partial charge in [0, 0.05) is 5.69 Å². The van der Waals surface area contributed by atoms with Gasteiger partial charge in [0.15, 0.2) is 0 Å². The van der Waals surface area contributed by atoms with Gasteiger partial charge in [0.05, 0.1) is 25.7 Å². The molecule has 1 fully saturated rings. The van der Waals surface area contributed by atoms with Crippen LogP contribution in [0.25, 0.3) is 0 Å². The molecule has 0 saturated carbocycles. The number of carbonyl (C=O) groups excluding carboxylic acids is 2. The highest BCUT2D eigenvalue weighted by atomic mass is 16.5. The molecule has 0 spiro atoms. The van der Waals surface area contributed by atoms with Gasteiger partial charge in [-0.15, -0.1) is 0 Å². The van der Waals surface area contributed by atoms with E-state index in [1.165, 1.54) is 11.1 Å². The van der Waals surface area contributed by atoms with Crippen LogP contribution in [0.1, 0.15) is 42.9 Å². The van der Waals surface area contributed by atoms with Crippen LogP contribution in [0.3, 0.4) is 0 Å². The summed E-state index contributed by atoms with van der Waals surface area (Å²) in [6.45, 7) is 1.01. The minimum atomic E-state index is -0.281. The van der Waals surface area contributed by atoms with E-state index in [2.05, 4.69) is 28.8 Å². The van der Waals surface area contributed by atoms with Gasteiger partial charge in [-0.05, 0) is 74.0 Å². The van der Waals surface area contributed by atoms with Crippen molar-refractivity contribution in [1.29, 1.82) is 0 Å². The fourth-order valence-electron chi connectivity index (χ4n) is 4.54. The van der Waals surface area contributed by atoms with Crippen molar-refractivity contribution in [2.24, 2.45) is 0 Å². The number of ether oxygens (including phenoxy) is 1. The van der Waals surface area contributed by atoms with Crippen LogP contribution in [-0.4, -0.2) is 43.0 Å². The van der Waals surface area contributed by atoms with Crippen LogP contribution in [0.2, 0.25) is 0 Å². The van der Waals surface area contributed by atoms with E-state index < -0.39 is 0 Å². The van der Waals surface area contributed by atoms with Crippen LogP contribution in [0.5, 0.6) is 5.75 Å². The van der Waals surface area contributed by atoms with E-state index in [-0.39, 0.29) is 30.4 Å². The Balaban J connectivity index is 1.34. The molecule has 2 aromatic rings. The van der Waals surface area contributed by atoms with Crippen molar-refractivity contribution in [2.45, 2.75) is 44.2 Å². The number of hydrogen-bond donors (Lipinski definition) is 2. The number of aryl methyl sites for hydroxylation is 1. The standard InChI is InChI=1S/C24H29N3O3/c1-30-19-13-11-18(12-14-19)25-24(29)22-10-5-15-27(22)16-23(28)26-21-9-4-7-17-6-2-3-8-20(17)21/h2-3,6,8,11-14,21-22H,4-5,7,9-10,15-16H2,1H3,(H,25,29)(H,26,28)/t21-,22+/m0/s1. The normalized spacial score (nSPS) is 21.0. The van der Waals surface area contributed by atoms with Crippen molar-refractivity contribution in [3.05, 3.63) is 59.7 Å². The first-order chi connectivity index (χ1) is 14.6. The van der Waals surface area contributed by atoms with Crippen molar-refractivity contribution in [2.75, 3.05) is 25.5 Å². The highest BCUT2D eigenvalue weighted by molar-refractivity contribution is 5.95. The Morgan fingerprint density at radius 2 is 1.87 bits per heavy atom. The van der Waals surface area contributed by atoms with Crippen LogP contribution in [0.15, 0.2) is 48.5 Å². The fraction of sp³-hybridized carbons (Fsp3) is 0.417. The maximum atomic E-state index is 12.8. The predicted octanol–water partition coefficient (Wildman–Crippen LogP) is 3.29. The van der Waals surface area contributed by atoms with E-state index in [1.54, 1.807) is 7.11 Å². The van der Waals surface area contributed by atoms with E-state index >= 15 is 0 Å². The molecular weight excluding hydrogens is 378 g/mol. The first-order valence-electron chi connectivity index (χ1n) is 10.7. The summed E-state index contributed by atoms with van der Waals surface area (Å²) in [5, 5.41) is 6.16. The van der Waals surface area contributed by atoms with Crippen LogP contribution in [0, 0.1) is 0 Å². The lowest BCUT2D eigenvalue weighted by molar-refractivity contribution is -0.125. The third kappa shape index (κ3) is 4.65. The smallest absolute Gasteiger partial charge is 0.241 e. The highest BCUT2D eigenvalue weighted by Gasteiger charge is 2.32. The molecule has 2 atom stereocenters. The molecule has 2 amide bonds. The molecule has 2 aliphatic rings. The summed E-state index contributed by atoms with van der Waals surface area (Å²) in [6, 6.07) is 15.4. The Morgan fingerprint density at radius 3 is 2.67 bits per heavy atom. The molecule has 1 heterocycles. The van der Waals surface area contributed by atoms with Crippen LogP contribution >= 0.6 is 0 Å². The zero-order valence-corrected chi connectivity index (χ0v) is 17.4. The van der Waals surface area contributed by atoms with Crippen LogP contribution < -0.4 is 15.4 Å². The average Bonchev–Trinajstić information content (AvgIpc) is 3.22. The Bertz CT molecular complexity index is 897. The van der Waals surface area contributed by atoms with E-state index in [4.69, 9.17) is 4.74 Å². The predicted molar refractivity (Wildman–Crippen MR) is 116 cm³/mol. The quantitative estimate of drug-likeness (QED) is 0.771. The van der Waals surface area contributed by atoms with Gasteiger partial charge >= 0.3 is 0 Å². The summed E-state index contributed by atoms with van der Waals surface area (Å²) in [7, 11) is 1.61. The lowest BCUT2D eigenvalue weighted by Crippen LogP contribution is -2.45. The molecule has 158 valence electrons. The second-order valence-electron chi connectivity index (χ2n) is 8.06. The maximum Gasteiger partial charge on any atom is 0.241 e. The molecule has 6 heteroatoms. The summed E-state index contributed by atoms with van der Waals surface area (Å²) in [6.07, 6.45) is 4.80. The number of methoxy groups -OCH3 is 1. The minimum absolute atomic E-state index is 0.0131. The van der Waals surface area contributed by atoms with Crippen LogP contribution in [-0.2, 0) is 16.0 Å². The summed E-state index contributed by atoms with van der Waals surface area (Å²) >= 11 is 0. The minimum Gasteiger partial charge on any atom is -0.497 e. The van der Waals surface area contributed by atoms with Gasteiger partial charge in [-0.25, -0.2) is 0 Å². The van der Waals surface area contributed by atoms with Gasteiger partial charge < -0.3 is 15.4 Å². The van der Waals surface area contributed by atoms with Crippen molar-refractivity contribution < 1.29 is 14.3 Å². The zero-order valence-electron chi connectivity index (χ0n) is 17.4.